The maximum Gasteiger partial charge on any atom is 0.305 e. The van der Waals surface area contributed by atoms with Crippen LogP contribution in [-0.4, -0.2) is 123 Å². The molecule has 1 saturated carbocycles. The van der Waals surface area contributed by atoms with Crippen LogP contribution in [0.3, 0.4) is 0 Å². The van der Waals surface area contributed by atoms with Gasteiger partial charge in [-0.1, -0.05) is 25.5 Å². The van der Waals surface area contributed by atoms with Crippen molar-refractivity contribution in [3.63, 3.8) is 0 Å². The van der Waals surface area contributed by atoms with E-state index in [4.69, 9.17) is 19.9 Å². The molecule has 0 aromatic carbocycles. The number of Topliss-reactive ketones (excluding diaryl/α,β-unsaturated/α-hetero) is 1. The molecule has 15 nitrogen and oxygen atoms in total. The number of ketones is 1. The van der Waals surface area contributed by atoms with E-state index in [0.717, 1.165) is 66.5 Å². The molecule has 1 aliphatic heterocycles. The standard InChI is InChI=1S/C44H69FN8O7/c1-24(2)16-28(10-8-12-39(55)59-6)43(57)53-15-9-11-30(53)22-47-36(21-46)31-20-38(54)32(19-33(31)45)35-18-29-17-27(13-14-34(29)50-35)37-23-48-41(51-37)26(5)49-42(56)40(25(3)4)52-44(58)60-7/h16,18,21,23,25-28,30-33,40,42-44,46,49-50,52,56-58H,8-15,17,19-20,22H2,1-7H3,(H,48,51). The maximum absolute atomic E-state index is 16.1. The molecule has 2 aromatic rings. The van der Waals surface area contributed by atoms with E-state index in [1.165, 1.54) is 14.2 Å². The van der Waals surface area contributed by atoms with E-state index in [1.807, 2.05) is 57.9 Å². The number of ether oxygens (including phenoxy) is 2. The molecule has 11 unspecified atom stereocenters. The number of fused-ring (bicyclic) bond motifs is 1. The number of aliphatic hydroxyl groups is 3. The smallest absolute Gasteiger partial charge is 0.305 e. The highest BCUT2D eigenvalue weighted by atomic mass is 19.1. The number of H-pyrrole nitrogens is 2. The van der Waals surface area contributed by atoms with E-state index in [2.05, 4.69) is 25.6 Å². The quantitative estimate of drug-likeness (QED) is 0.0372. The van der Waals surface area contributed by atoms with Gasteiger partial charge in [0.05, 0.1) is 37.4 Å². The number of aromatic nitrogens is 3. The van der Waals surface area contributed by atoms with Crippen LogP contribution in [0.15, 0.2) is 28.9 Å². The van der Waals surface area contributed by atoms with Crippen molar-refractivity contribution >= 4 is 23.7 Å². The highest BCUT2D eigenvalue weighted by Crippen LogP contribution is 2.39. The first-order chi connectivity index (χ1) is 28.6. The zero-order valence-electron chi connectivity index (χ0n) is 36.4. The van der Waals surface area contributed by atoms with Crippen LogP contribution in [0.2, 0.25) is 0 Å². The summed E-state index contributed by atoms with van der Waals surface area (Å²) in [5.41, 5.74) is 5.24. The van der Waals surface area contributed by atoms with Crippen molar-refractivity contribution in [3.05, 3.63) is 52.4 Å². The molecule has 2 fully saturated rings. The number of nitrogens with one attached hydrogen (secondary N) is 5. The molecule has 3 aliphatic rings. The summed E-state index contributed by atoms with van der Waals surface area (Å²) in [6.45, 7) is 10.7. The molecule has 0 spiro atoms. The topological polar surface area (TPSA) is 221 Å². The van der Waals surface area contributed by atoms with E-state index in [1.54, 1.807) is 0 Å². The summed E-state index contributed by atoms with van der Waals surface area (Å²) in [6.07, 6.45) is 6.17. The van der Waals surface area contributed by atoms with Gasteiger partial charge >= 0.3 is 5.97 Å². The molecule has 0 radical (unpaired) electrons. The number of aliphatic imine (C=N–C) groups is 1. The fraction of sp³-hybridized carbons (Fsp3) is 0.705. The highest BCUT2D eigenvalue weighted by molar-refractivity contribution is 6.31. The first-order valence-corrected chi connectivity index (χ1v) is 21.7. The third-order valence-corrected chi connectivity index (χ3v) is 12.7. The number of rotatable bonds is 21. The van der Waals surface area contributed by atoms with Crippen LogP contribution in [0.1, 0.15) is 132 Å². The minimum absolute atomic E-state index is 0.000793. The number of nitrogens with zero attached hydrogens (tertiary/aromatic N) is 3. The third-order valence-electron chi connectivity index (χ3n) is 12.7. The average Bonchev–Trinajstić information content (AvgIpc) is 4.00. The van der Waals surface area contributed by atoms with Crippen molar-refractivity contribution in [1.29, 1.82) is 5.41 Å². The Labute approximate surface area is 353 Å². The molecule has 60 heavy (non-hydrogen) atoms. The zero-order chi connectivity index (χ0) is 43.7. The van der Waals surface area contributed by atoms with Gasteiger partial charge in [0, 0.05) is 79.8 Å². The minimum Gasteiger partial charge on any atom is -0.469 e. The van der Waals surface area contributed by atoms with Gasteiger partial charge in [0.15, 0.2) is 0 Å². The Morgan fingerprint density at radius 3 is 2.58 bits per heavy atom. The lowest BCUT2D eigenvalue weighted by Gasteiger charge is -2.34. The molecule has 5 rings (SSSR count). The molecule has 0 bridgehead atoms. The van der Waals surface area contributed by atoms with Crippen LogP contribution >= 0.6 is 0 Å². The number of carbonyl (C=O) groups is 2. The monoisotopic (exact) mass is 841 g/mol. The van der Waals surface area contributed by atoms with Crippen LogP contribution in [0.4, 0.5) is 4.39 Å². The molecular weight excluding hydrogens is 772 g/mol. The van der Waals surface area contributed by atoms with Crippen molar-refractivity contribution in [3.8, 4) is 0 Å². The van der Waals surface area contributed by atoms with Gasteiger partial charge in [0.2, 0.25) is 6.41 Å². The largest absolute Gasteiger partial charge is 0.469 e. The van der Waals surface area contributed by atoms with Gasteiger partial charge in [-0.15, -0.1) is 0 Å². The van der Waals surface area contributed by atoms with Gasteiger partial charge < -0.3 is 40.2 Å². The van der Waals surface area contributed by atoms with Crippen molar-refractivity contribution in [2.75, 3.05) is 27.3 Å². The molecule has 3 heterocycles. The predicted molar refractivity (Wildman–Crippen MR) is 227 cm³/mol. The number of hydrogen-bond acceptors (Lipinski definition) is 13. The molecule has 2 aromatic heterocycles. The molecule has 8 N–H and O–H groups in total. The Morgan fingerprint density at radius 1 is 1.13 bits per heavy atom. The molecule has 2 aliphatic carbocycles. The Bertz CT molecular complexity index is 1790. The van der Waals surface area contributed by atoms with Gasteiger partial charge in [-0.25, -0.2) is 9.37 Å². The van der Waals surface area contributed by atoms with Crippen molar-refractivity contribution in [2.24, 2.45) is 22.7 Å². The normalized spacial score (nSPS) is 25.6. The van der Waals surface area contributed by atoms with Crippen molar-refractivity contribution < 1.29 is 38.8 Å². The van der Waals surface area contributed by atoms with Gasteiger partial charge in [0.25, 0.3) is 0 Å². The molecule has 334 valence electrons. The van der Waals surface area contributed by atoms with E-state index < -0.39 is 42.9 Å². The maximum atomic E-state index is 16.1. The molecule has 1 saturated heterocycles. The minimum atomic E-state index is -1.35. The van der Waals surface area contributed by atoms with Crippen LogP contribution in [0, 0.1) is 23.2 Å². The summed E-state index contributed by atoms with van der Waals surface area (Å²) < 4.78 is 25.8. The molecule has 16 heteroatoms. The second-order valence-electron chi connectivity index (χ2n) is 17.6. The van der Waals surface area contributed by atoms with Gasteiger partial charge in [-0.3, -0.25) is 30.1 Å². The molecular formula is C44H69FN8O7. The van der Waals surface area contributed by atoms with E-state index in [-0.39, 0.29) is 66.6 Å². The summed E-state index contributed by atoms with van der Waals surface area (Å²) in [7, 11) is 2.75. The number of halogens is 1. The van der Waals surface area contributed by atoms with E-state index in [9.17, 15) is 24.9 Å². The Kier molecular flexibility index (Phi) is 17.3. The SMILES string of the molecule is COC(=O)CCCC(C=C(C)C)C(O)N1CCCC1CN=C(C=N)C1CC(=O)C(c2cc3c([nH]2)CCC(c2cnc(C(C)NC(O)C(NC(O)OC)C(C)C)[nH]2)C3)CC1F. The number of hydrogen-bond donors (Lipinski definition) is 8. The number of methoxy groups -OCH3 is 2. The Hall–Kier alpha value is -3.64. The lowest BCUT2D eigenvalue weighted by atomic mass is 9.76. The van der Waals surface area contributed by atoms with Gasteiger partial charge in [0.1, 0.15) is 30.2 Å². The highest BCUT2D eigenvalue weighted by Gasteiger charge is 2.41. The molecule has 0 amide bonds. The number of allylic oxidation sites excluding steroid dienone is 1. The summed E-state index contributed by atoms with van der Waals surface area (Å²) in [4.78, 5) is 43.7. The zero-order valence-corrected chi connectivity index (χ0v) is 36.4. The van der Waals surface area contributed by atoms with Gasteiger partial charge in [-0.05, 0) is 89.7 Å². The summed E-state index contributed by atoms with van der Waals surface area (Å²) in [5.74, 6) is -1.09. The number of likely N-dealkylation sites (tertiary alicyclic amines) is 1. The van der Waals surface area contributed by atoms with E-state index in [0.29, 0.717) is 31.8 Å². The number of alkyl halides is 1. The third kappa shape index (κ3) is 12.0. The lowest BCUT2D eigenvalue weighted by Crippen LogP contribution is -2.54. The number of aromatic amines is 2. The number of aliphatic hydroxyl groups excluding tert-OH is 3. The van der Waals surface area contributed by atoms with Crippen molar-refractivity contribution in [2.45, 2.75) is 154 Å². The lowest BCUT2D eigenvalue weighted by molar-refractivity contribution is -0.140. The average molecular weight is 841 g/mol. The molecule has 11 atom stereocenters. The Balaban J connectivity index is 1.18. The number of carbonyl (C=O) groups excluding carboxylic acids is 2. The second-order valence-corrected chi connectivity index (χ2v) is 17.6. The van der Waals surface area contributed by atoms with E-state index >= 15 is 4.39 Å². The second kappa shape index (κ2) is 21.9. The first kappa shape index (κ1) is 47.4. The van der Waals surface area contributed by atoms with Crippen LogP contribution in [0.5, 0.6) is 0 Å². The predicted octanol–water partition coefficient (Wildman–Crippen LogP) is 4.72. The summed E-state index contributed by atoms with van der Waals surface area (Å²) in [5, 5.41) is 46.5. The number of esters is 1. The van der Waals surface area contributed by atoms with Crippen molar-refractivity contribution in [1.82, 2.24) is 30.5 Å². The fourth-order valence-electron chi connectivity index (χ4n) is 9.27. The van der Waals surface area contributed by atoms with Crippen LogP contribution < -0.4 is 10.6 Å². The first-order valence-electron chi connectivity index (χ1n) is 21.7. The number of aryl methyl sites for hydroxylation is 1. The Morgan fingerprint density at radius 2 is 1.90 bits per heavy atom. The van der Waals surface area contributed by atoms with Gasteiger partial charge in [-0.2, -0.15) is 0 Å². The van der Waals surface area contributed by atoms with Crippen LogP contribution in [0.25, 0.3) is 0 Å². The van der Waals surface area contributed by atoms with Crippen LogP contribution in [-0.2, 0) is 31.9 Å². The summed E-state index contributed by atoms with van der Waals surface area (Å²) >= 11 is 0. The number of imidazole rings is 1. The fourth-order valence-corrected chi connectivity index (χ4v) is 9.27. The summed E-state index contributed by atoms with van der Waals surface area (Å²) in [6, 6.07) is 1.14.